The molecule has 108 valence electrons. The van der Waals surface area contributed by atoms with Gasteiger partial charge in [-0.05, 0) is 48.6 Å². The highest BCUT2D eigenvalue weighted by molar-refractivity contribution is 5.77. The minimum atomic E-state index is 0.896. The second-order valence-corrected chi connectivity index (χ2v) is 6.73. The summed E-state index contributed by atoms with van der Waals surface area (Å²) in [6, 6.07) is 19.4. The van der Waals surface area contributed by atoms with E-state index in [1.807, 2.05) is 0 Å². The zero-order chi connectivity index (χ0) is 14.1. The lowest BCUT2D eigenvalue weighted by molar-refractivity contribution is 0.348. The minimum Gasteiger partial charge on any atom is -0.384 e. The van der Waals surface area contributed by atoms with E-state index in [0.717, 1.165) is 24.3 Å². The Bertz CT molecular complexity index is 604. The van der Waals surface area contributed by atoms with Crippen molar-refractivity contribution >= 4 is 5.69 Å². The Morgan fingerprint density at radius 1 is 0.857 bits per heavy atom. The molecule has 2 aromatic rings. The van der Waals surface area contributed by atoms with Crippen LogP contribution in [0.2, 0.25) is 0 Å². The molecule has 1 heteroatoms. The van der Waals surface area contributed by atoms with Crippen LogP contribution in [0.3, 0.4) is 0 Å². The van der Waals surface area contributed by atoms with Crippen LogP contribution >= 0.6 is 0 Å². The SMILES string of the molecule is c1ccc(-c2ccccc2NCC2CC3CCC2C3)cc1. The third-order valence-corrected chi connectivity index (χ3v) is 5.45. The van der Waals surface area contributed by atoms with Crippen molar-refractivity contribution in [3.8, 4) is 11.1 Å². The molecule has 3 unspecified atom stereocenters. The first kappa shape index (κ1) is 12.9. The number of rotatable bonds is 4. The van der Waals surface area contributed by atoms with Crippen molar-refractivity contribution in [2.24, 2.45) is 17.8 Å². The van der Waals surface area contributed by atoms with Crippen molar-refractivity contribution < 1.29 is 0 Å². The summed E-state index contributed by atoms with van der Waals surface area (Å²) in [5, 5.41) is 3.74. The molecule has 1 nitrogen and oxygen atoms in total. The van der Waals surface area contributed by atoms with Crippen LogP contribution in [-0.4, -0.2) is 6.54 Å². The highest BCUT2D eigenvalue weighted by Crippen LogP contribution is 2.48. The van der Waals surface area contributed by atoms with E-state index in [0.29, 0.717) is 0 Å². The van der Waals surface area contributed by atoms with Crippen LogP contribution in [0.15, 0.2) is 54.6 Å². The number of benzene rings is 2. The second kappa shape index (κ2) is 5.55. The summed E-state index contributed by atoms with van der Waals surface area (Å²) < 4.78 is 0. The predicted octanol–water partition coefficient (Wildman–Crippen LogP) is 5.20. The third-order valence-electron chi connectivity index (χ3n) is 5.45. The van der Waals surface area contributed by atoms with Gasteiger partial charge in [0.2, 0.25) is 0 Å². The maximum absolute atomic E-state index is 3.74. The minimum absolute atomic E-state index is 0.896. The number of fused-ring (bicyclic) bond motifs is 2. The Morgan fingerprint density at radius 3 is 2.43 bits per heavy atom. The van der Waals surface area contributed by atoms with Crippen molar-refractivity contribution in [3.05, 3.63) is 54.6 Å². The fourth-order valence-corrected chi connectivity index (χ4v) is 4.37. The smallest absolute Gasteiger partial charge is 0.0419 e. The molecule has 0 radical (unpaired) electrons. The molecule has 0 aromatic heterocycles. The van der Waals surface area contributed by atoms with E-state index in [1.54, 1.807) is 0 Å². The Kier molecular flexibility index (Phi) is 3.42. The molecule has 0 amide bonds. The van der Waals surface area contributed by atoms with E-state index < -0.39 is 0 Å². The highest BCUT2D eigenvalue weighted by atomic mass is 14.9. The fourth-order valence-electron chi connectivity index (χ4n) is 4.37. The van der Waals surface area contributed by atoms with E-state index in [-0.39, 0.29) is 0 Å². The Hall–Kier alpha value is -1.76. The quantitative estimate of drug-likeness (QED) is 0.809. The highest BCUT2D eigenvalue weighted by Gasteiger charge is 2.39. The number of anilines is 1. The number of hydrogen-bond acceptors (Lipinski definition) is 1. The van der Waals surface area contributed by atoms with Gasteiger partial charge in [0.05, 0.1) is 0 Å². The molecule has 2 fully saturated rings. The molecule has 0 heterocycles. The maximum atomic E-state index is 3.74. The van der Waals surface area contributed by atoms with Crippen LogP contribution < -0.4 is 5.32 Å². The molecule has 0 aliphatic heterocycles. The van der Waals surface area contributed by atoms with Gasteiger partial charge in [0.25, 0.3) is 0 Å². The van der Waals surface area contributed by atoms with Gasteiger partial charge in [-0.25, -0.2) is 0 Å². The molecule has 2 aliphatic carbocycles. The van der Waals surface area contributed by atoms with Crippen molar-refractivity contribution in [2.45, 2.75) is 25.7 Å². The number of para-hydroxylation sites is 1. The molecule has 2 aromatic carbocycles. The molecule has 4 rings (SSSR count). The van der Waals surface area contributed by atoms with Crippen molar-refractivity contribution in [1.29, 1.82) is 0 Å². The van der Waals surface area contributed by atoms with Gasteiger partial charge in [0.1, 0.15) is 0 Å². The van der Waals surface area contributed by atoms with Crippen molar-refractivity contribution in [3.63, 3.8) is 0 Å². The van der Waals surface area contributed by atoms with Gasteiger partial charge < -0.3 is 5.32 Å². The zero-order valence-corrected chi connectivity index (χ0v) is 12.5. The first-order chi connectivity index (χ1) is 10.4. The first-order valence-electron chi connectivity index (χ1n) is 8.28. The normalized spacial score (nSPS) is 27.0. The van der Waals surface area contributed by atoms with Crippen LogP contribution in [0.4, 0.5) is 5.69 Å². The molecule has 3 atom stereocenters. The lowest BCUT2D eigenvalue weighted by atomic mass is 9.88. The van der Waals surface area contributed by atoms with Crippen LogP contribution in [0.5, 0.6) is 0 Å². The molecule has 0 spiro atoms. The standard InChI is InChI=1S/C20H23N/c1-2-6-16(7-3-1)19-8-4-5-9-20(19)21-14-18-13-15-10-11-17(18)12-15/h1-9,15,17-18,21H,10-14H2. The van der Waals surface area contributed by atoms with Crippen molar-refractivity contribution in [2.75, 3.05) is 11.9 Å². The summed E-state index contributed by atoms with van der Waals surface area (Å²) in [5.41, 5.74) is 3.90. The Labute approximate surface area is 127 Å². The van der Waals surface area contributed by atoms with Crippen LogP contribution in [0.25, 0.3) is 11.1 Å². The monoisotopic (exact) mass is 277 g/mol. The topological polar surface area (TPSA) is 12.0 Å². The van der Waals surface area contributed by atoms with Gasteiger partial charge in [-0.2, -0.15) is 0 Å². The second-order valence-electron chi connectivity index (χ2n) is 6.73. The molecule has 1 N–H and O–H groups in total. The summed E-state index contributed by atoms with van der Waals surface area (Å²) in [7, 11) is 0. The van der Waals surface area contributed by atoms with E-state index in [9.17, 15) is 0 Å². The van der Waals surface area contributed by atoms with E-state index >= 15 is 0 Å². The summed E-state index contributed by atoms with van der Waals surface area (Å²) in [6.45, 7) is 1.14. The number of hydrogen-bond donors (Lipinski definition) is 1. The van der Waals surface area contributed by atoms with E-state index in [4.69, 9.17) is 0 Å². The van der Waals surface area contributed by atoms with Gasteiger partial charge >= 0.3 is 0 Å². The summed E-state index contributed by atoms with van der Waals surface area (Å²) in [4.78, 5) is 0. The van der Waals surface area contributed by atoms with Crippen LogP contribution in [0.1, 0.15) is 25.7 Å². The fraction of sp³-hybridized carbons (Fsp3) is 0.400. The largest absolute Gasteiger partial charge is 0.384 e. The number of nitrogens with one attached hydrogen (secondary N) is 1. The molecule has 21 heavy (non-hydrogen) atoms. The van der Waals surface area contributed by atoms with Gasteiger partial charge in [0, 0.05) is 17.8 Å². The van der Waals surface area contributed by atoms with Gasteiger partial charge in [0.15, 0.2) is 0 Å². The third kappa shape index (κ3) is 2.57. The lowest BCUT2D eigenvalue weighted by Gasteiger charge is -2.23. The molecular weight excluding hydrogens is 254 g/mol. The van der Waals surface area contributed by atoms with Crippen molar-refractivity contribution in [1.82, 2.24) is 0 Å². The summed E-state index contributed by atoms with van der Waals surface area (Å²) in [6.07, 6.45) is 5.90. The predicted molar refractivity (Wildman–Crippen MR) is 89.3 cm³/mol. The maximum Gasteiger partial charge on any atom is 0.0419 e. The summed E-state index contributed by atoms with van der Waals surface area (Å²) in [5.74, 6) is 2.92. The van der Waals surface area contributed by atoms with Gasteiger partial charge in [-0.15, -0.1) is 0 Å². The average molecular weight is 277 g/mol. The Morgan fingerprint density at radius 2 is 1.67 bits per heavy atom. The Balaban J connectivity index is 1.50. The molecule has 2 aliphatic rings. The molecule has 0 saturated heterocycles. The molecular formula is C20H23N. The molecule has 2 bridgehead atoms. The van der Waals surface area contributed by atoms with Crippen LogP contribution in [0, 0.1) is 17.8 Å². The zero-order valence-electron chi connectivity index (χ0n) is 12.5. The van der Waals surface area contributed by atoms with Gasteiger partial charge in [-0.1, -0.05) is 55.0 Å². The van der Waals surface area contributed by atoms with E-state index in [1.165, 1.54) is 42.5 Å². The first-order valence-corrected chi connectivity index (χ1v) is 8.28. The van der Waals surface area contributed by atoms with Gasteiger partial charge in [-0.3, -0.25) is 0 Å². The average Bonchev–Trinajstić information content (AvgIpc) is 3.17. The van der Waals surface area contributed by atoms with Crippen LogP contribution in [-0.2, 0) is 0 Å². The van der Waals surface area contributed by atoms with E-state index in [2.05, 4.69) is 59.9 Å². The summed E-state index contributed by atoms with van der Waals surface area (Å²) >= 11 is 0. The lowest BCUT2D eigenvalue weighted by Crippen LogP contribution is -2.20. The molecule has 2 saturated carbocycles.